The summed E-state index contributed by atoms with van der Waals surface area (Å²) < 4.78 is 5.67. The standard InChI is InChI=1S/C30H40N4O5/c1-4-6-14-34(24-8-7-13-31-18-24)28(36)20-33-19-25(22-9-10-27-23(17-22)12-16-39-27)29(30(37)38)26(33)11-15-32(5-2)21(3)35/h7-10,13,17-18,25-26,29H,4-6,11-12,14-16,19-20H2,1-3H3,(H,37,38). The minimum Gasteiger partial charge on any atom is -0.493 e. The molecule has 39 heavy (non-hydrogen) atoms. The van der Waals surface area contributed by atoms with Gasteiger partial charge in [-0.25, -0.2) is 0 Å². The number of carboxylic acid groups (broad SMARTS) is 1. The average Bonchev–Trinajstić information content (AvgIpc) is 3.54. The van der Waals surface area contributed by atoms with Gasteiger partial charge in [-0.05, 0) is 49.1 Å². The number of unbranched alkanes of at least 4 members (excludes halogenated alkanes) is 1. The van der Waals surface area contributed by atoms with E-state index in [2.05, 4.69) is 18.0 Å². The third-order valence-electron chi connectivity index (χ3n) is 8.03. The van der Waals surface area contributed by atoms with E-state index in [0.29, 0.717) is 39.2 Å². The molecule has 2 aliphatic rings. The highest BCUT2D eigenvalue weighted by atomic mass is 16.5. The van der Waals surface area contributed by atoms with Crippen LogP contribution in [0.5, 0.6) is 5.75 Å². The predicted octanol–water partition coefficient (Wildman–Crippen LogP) is 3.58. The number of rotatable bonds is 12. The van der Waals surface area contributed by atoms with Crippen LogP contribution in [0.4, 0.5) is 5.69 Å². The van der Waals surface area contributed by atoms with Crippen molar-refractivity contribution in [2.45, 2.75) is 58.4 Å². The number of nitrogens with zero attached hydrogens (tertiary/aromatic N) is 4. The van der Waals surface area contributed by atoms with Crippen LogP contribution in [0.1, 0.15) is 57.1 Å². The van der Waals surface area contributed by atoms with Gasteiger partial charge in [0.15, 0.2) is 0 Å². The molecule has 1 aromatic heterocycles. The maximum Gasteiger partial charge on any atom is 0.308 e. The molecule has 3 heterocycles. The van der Waals surface area contributed by atoms with E-state index in [1.165, 1.54) is 6.92 Å². The lowest BCUT2D eigenvalue weighted by Crippen LogP contribution is -2.46. The van der Waals surface area contributed by atoms with Crippen LogP contribution in [0, 0.1) is 5.92 Å². The lowest BCUT2D eigenvalue weighted by molar-refractivity contribution is -0.143. The molecule has 210 valence electrons. The molecular weight excluding hydrogens is 496 g/mol. The summed E-state index contributed by atoms with van der Waals surface area (Å²) in [5.41, 5.74) is 2.80. The number of carboxylic acids is 1. The van der Waals surface area contributed by atoms with Crippen molar-refractivity contribution in [3.05, 3.63) is 53.9 Å². The fourth-order valence-electron chi connectivity index (χ4n) is 5.94. The molecule has 0 saturated carbocycles. The first-order valence-corrected chi connectivity index (χ1v) is 14.0. The quantitative estimate of drug-likeness (QED) is 0.442. The van der Waals surface area contributed by atoms with Gasteiger partial charge < -0.3 is 19.6 Å². The lowest BCUT2D eigenvalue weighted by Gasteiger charge is -2.31. The highest BCUT2D eigenvalue weighted by Gasteiger charge is 2.47. The summed E-state index contributed by atoms with van der Waals surface area (Å²) in [7, 11) is 0. The van der Waals surface area contributed by atoms with Crippen molar-refractivity contribution in [3.63, 3.8) is 0 Å². The molecule has 1 fully saturated rings. The number of aromatic nitrogens is 1. The summed E-state index contributed by atoms with van der Waals surface area (Å²) in [5.74, 6) is -1.12. The highest BCUT2D eigenvalue weighted by Crippen LogP contribution is 2.41. The Morgan fingerprint density at radius 3 is 2.67 bits per heavy atom. The third-order valence-corrected chi connectivity index (χ3v) is 8.03. The molecule has 0 aliphatic carbocycles. The topological polar surface area (TPSA) is 103 Å². The van der Waals surface area contributed by atoms with Crippen molar-refractivity contribution >= 4 is 23.5 Å². The van der Waals surface area contributed by atoms with Gasteiger partial charge in [-0.15, -0.1) is 0 Å². The van der Waals surface area contributed by atoms with Gasteiger partial charge >= 0.3 is 5.97 Å². The minimum atomic E-state index is -0.877. The van der Waals surface area contributed by atoms with Crippen molar-refractivity contribution in [3.8, 4) is 5.75 Å². The molecule has 1 aromatic carbocycles. The molecule has 0 radical (unpaired) electrons. The molecule has 1 saturated heterocycles. The summed E-state index contributed by atoms with van der Waals surface area (Å²) in [6.45, 7) is 8.29. The van der Waals surface area contributed by atoms with E-state index in [1.807, 2.05) is 36.1 Å². The number of amides is 2. The molecule has 2 aromatic rings. The molecular formula is C30H40N4O5. The number of carbonyl (C=O) groups is 3. The van der Waals surface area contributed by atoms with Crippen LogP contribution in [0.25, 0.3) is 0 Å². The maximum atomic E-state index is 13.8. The number of anilines is 1. The first-order valence-electron chi connectivity index (χ1n) is 14.0. The second-order valence-corrected chi connectivity index (χ2v) is 10.4. The molecule has 4 rings (SSSR count). The van der Waals surface area contributed by atoms with Gasteiger partial charge in [0, 0.05) is 57.7 Å². The maximum absolute atomic E-state index is 13.8. The molecule has 3 unspecified atom stereocenters. The van der Waals surface area contributed by atoms with Crippen LogP contribution in [0.3, 0.4) is 0 Å². The Morgan fingerprint density at radius 2 is 2.00 bits per heavy atom. The van der Waals surface area contributed by atoms with Crippen molar-refractivity contribution in [2.24, 2.45) is 5.92 Å². The molecule has 2 amide bonds. The first kappa shape index (κ1) is 28.5. The molecule has 0 spiro atoms. The van der Waals surface area contributed by atoms with E-state index in [9.17, 15) is 19.5 Å². The van der Waals surface area contributed by atoms with Gasteiger partial charge in [0.1, 0.15) is 5.75 Å². The SMILES string of the molecule is CCCCN(C(=O)CN1CC(c2ccc3c(c2)CCO3)C(C(=O)O)C1CCN(CC)C(C)=O)c1cccnc1. The fraction of sp³-hybridized carbons (Fsp3) is 0.533. The second kappa shape index (κ2) is 13.1. The Kier molecular flexibility index (Phi) is 9.56. The van der Waals surface area contributed by atoms with Crippen molar-refractivity contribution in [1.82, 2.24) is 14.8 Å². The summed E-state index contributed by atoms with van der Waals surface area (Å²) in [4.78, 5) is 48.3. The van der Waals surface area contributed by atoms with E-state index in [0.717, 1.165) is 41.8 Å². The molecule has 2 aliphatic heterocycles. The zero-order valence-electron chi connectivity index (χ0n) is 23.2. The van der Waals surface area contributed by atoms with Gasteiger partial charge in [0.2, 0.25) is 11.8 Å². The lowest BCUT2D eigenvalue weighted by atomic mass is 9.83. The highest BCUT2D eigenvalue weighted by molar-refractivity contribution is 5.94. The molecule has 9 heteroatoms. The monoisotopic (exact) mass is 536 g/mol. The van der Waals surface area contributed by atoms with E-state index < -0.39 is 17.9 Å². The molecule has 3 atom stereocenters. The number of pyridine rings is 1. The Bertz CT molecular complexity index is 1160. The summed E-state index contributed by atoms with van der Waals surface area (Å²) >= 11 is 0. The Hall–Kier alpha value is -3.46. The van der Waals surface area contributed by atoms with E-state index in [4.69, 9.17) is 4.74 Å². The first-order chi connectivity index (χ1) is 18.8. The van der Waals surface area contributed by atoms with Crippen molar-refractivity contribution in [1.29, 1.82) is 0 Å². The third kappa shape index (κ3) is 6.58. The smallest absolute Gasteiger partial charge is 0.308 e. The molecule has 9 nitrogen and oxygen atoms in total. The van der Waals surface area contributed by atoms with Crippen LogP contribution in [0.2, 0.25) is 0 Å². The molecule has 1 N–H and O–H groups in total. The normalized spacial score (nSPS) is 20.3. The summed E-state index contributed by atoms with van der Waals surface area (Å²) in [6, 6.07) is 9.27. The number of aliphatic carboxylic acids is 1. The average molecular weight is 537 g/mol. The van der Waals surface area contributed by atoms with E-state index >= 15 is 0 Å². The number of benzene rings is 1. The number of carbonyl (C=O) groups excluding carboxylic acids is 2. The van der Waals surface area contributed by atoms with Gasteiger partial charge in [0.05, 0.1) is 31.0 Å². The zero-order chi connectivity index (χ0) is 27.9. The zero-order valence-corrected chi connectivity index (χ0v) is 23.2. The van der Waals surface area contributed by atoms with Gasteiger partial charge in [-0.3, -0.25) is 24.3 Å². The molecule has 0 bridgehead atoms. The van der Waals surface area contributed by atoms with Crippen LogP contribution < -0.4 is 9.64 Å². The van der Waals surface area contributed by atoms with Crippen molar-refractivity contribution < 1.29 is 24.2 Å². The van der Waals surface area contributed by atoms with Crippen LogP contribution in [-0.2, 0) is 20.8 Å². The Labute approximate surface area is 230 Å². The van der Waals surface area contributed by atoms with Crippen LogP contribution >= 0.6 is 0 Å². The number of likely N-dealkylation sites (tertiary alicyclic amines) is 1. The van der Waals surface area contributed by atoms with Gasteiger partial charge in [0.25, 0.3) is 0 Å². The van der Waals surface area contributed by atoms with E-state index in [-0.39, 0.29) is 24.3 Å². The Morgan fingerprint density at radius 1 is 1.18 bits per heavy atom. The minimum absolute atomic E-state index is 0.0394. The number of fused-ring (bicyclic) bond motifs is 1. The Balaban J connectivity index is 1.63. The van der Waals surface area contributed by atoms with E-state index in [1.54, 1.807) is 22.2 Å². The fourth-order valence-corrected chi connectivity index (χ4v) is 5.94. The number of ether oxygens (including phenoxy) is 1. The largest absolute Gasteiger partial charge is 0.493 e. The van der Waals surface area contributed by atoms with Gasteiger partial charge in [-0.1, -0.05) is 25.5 Å². The number of hydrogen-bond acceptors (Lipinski definition) is 6. The number of hydrogen-bond donors (Lipinski definition) is 1. The van der Waals surface area contributed by atoms with Crippen LogP contribution in [0.15, 0.2) is 42.7 Å². The van der Waals surface area contributed by atoms with Gasteiger partial charge in [-0.2, -0.15) is 0 Å². The predicted molar refractivity (Wildman–Crippen MR) is 149 cm³/mol. The van der Waals surface area contributed by atoms with Crippen molar-refractivity contribution in [2.75, 3.05) is 44.2 Å². The second-order valence-electron chi connectivity index (χ2n) is 10.4. The summed E-state index contributed by atoms with van der Waals surface area (Å²) in [6.07, 6.45) is 6.45. The van der Waals surface area contributed by atoms with Crippen LogP contribution in [-0.4, -0.2) is 83.0 Å². The summed E-state index contributed by atoms with van der Waals surface area (Å²) in [5, 5.41) is 10.5.